The molecule has 0 atom stereocenters. The van der Waals surface area contributed by atoms with Gasteiger partial charge in [0.05, 0.1) is 11.4 Å². The van der Waals surface area contributed by atoms with Gasteiger partial charge in [-0.1, -0.05) is 18.3 Å². The second-order valence-corrected chi connectivity index (χ2v) is 4.49. The average Bonchev–Trinajstić information content (AvgIpc) is 2.64. The lowest BCUT2D eigenvalue weighted by atomic mass is 10.3. The number of nitrogens with zero attached hydrogens (tertiary/aromatic N) is 2. The summed E-state index contributed by atoms with van der Waals surface area (Å²) >= 11 is 6.40. The molecule has 0 amide bonds. The predicted molar refractivity (Wildman–Crippen MR) is 70.3 cm³/mol. The summed E-state index contributed by atoms with van der Waals surface area (Å²) in [7, 11) is 0. The molecule has 0 aliphatic carbocycles. The first-order valence-electron chi connectivity index (χ1n) is 4.61. The van der Waals surface area contributed by atoms with Gasteiger partial charge >= 0.3 is 0 Å². The maximum Gasteiger partial charge on any atom is 0.188 e. The van der Waals surface area contributed by atoms with Gasteiger partial charge in [-0.15, -0.1) is 11.3 Å². The topological polar surface area (TPSA) is 63.8 Å². The van der Waals surface area contributed by atoms with Gasteiger partial charge in [0.2, 0.25) is 0 Å². The molecule has 2 aromatic heterocycles. The largest absolute Gasteiger partial charge is 0.388 e. The van der Waals surface area contributed by atoms with Gasteiger partial charge in [0.25, 0.3) is 0 Å². The third kappa shape index (κ3) is 2.53. The van der Waals surface area contributed by atoms with Crippen molar-refractivity contribution >= 4 is 39.5 Å². The van der Waals surface area contributed by atoms with E-state index in [0.29, 0.717) is 16.5 Å². The van der Waals surface area contributed by atoms with Crippen LogP contribution >= 0.6 is 23.6 Å². The van der Waals surface area contributed by atoms with Crippen LogP contribution in [0.25, 0.3) is 0 Å². The number of pyridine rings is 1. The first-order chi connectivity index (χ1) is 7.65. The Morgan fingerprint density at radius 1 is 1.44 bits per heavy atom. The smallest absolute Gasteiger partial charge is 0.188 e. The fourth-order valence-corrected chi connectivity index (χ4v) is 1.97. The predicted octanol–water partition coefficient (Wildman–Crippen LogP) is 2.22. The van der Waals surface area contributed by atoms with Gasteiger partial charge in [-0.05, 0) is 19.1 Å². The highest BCUT2D eigenvalue weighted by Crippen LogP contribution is 2.19. The fraction of sp³-hybridized carbons (Fsp3) is 0.100. The van der Waals surface area contributed by atoms with Gasteiger partial charge in [0, 0.05) is 5.38 Å². The summed E-state index contributed by atoms with van der Waals surface area (Å²) in [5, 5.41) is 5.88. The lowest BCUT2D eigenvalue weighted by molar-refractivity contribution is 1.23. The van der Waals surface area contributed by atoms with Crippen LogP contribution in [-0.2, 0) is 0 Å². The Labute approximate surface area is 103 Å². The summed E-state index contributed by atoms with van der Waals surface area (Å²) in [4.78, 5) is 8.84. The second kappa shape index (κ2) is 4.54. The molecule has 82 valence electrons. The number of hydrogen-bond donors (Lipinski definition) is 2. The highest BCUT2D eigenvalue weighted by molar-refractivity contribution is 7.80. The van der Waals surface area contributed by atoms with Crippen LogP contribution in [0.3, 0.4) is 0 Å². The Morgan fingerprint density at radius 3 is 2.88 bits per heavy atom. The van der Waals surface area contributed by atoms with Crippen LogP contribution in [0.5, 0.6) is 0 Å². The molecule has 16 heavy (non-hydrogen) atoms. The number of aryl methyl sites for hydroxylation is 1. The minimum atomic E-state index is 0.291. The van der Waals surface area contributed by atoms with Gasteiger partial charge in [-0.2, -0.15) is 0 Å². The molecule has 4 nitrogen and oxygen atoms in total. The van der Waals surface area contributed by atoms with E-state index in [9.17, 15) is 0 Å². The lowest BCUT2D eigenvalue weighted by Gasteiger charge is -2.03. The number of anilines is 2. The van der Waals surface area contributed by atoms with Gasteiger partial charge in [0.15, 0.2) is 5.13 Å². The van der Waals surface area contributed by atoms with Crippen LogP contribution in [0, 0.1) is 6.92 Å². The van der Waals surface area contributed by atoms with Crippen LogP contribution in [0.15, 0.2) is 23.6 Å². The van der Waals surface area contributed by atoms with Crippen molar-refractivity contribution in [3.63, 3.8) is 0 Å². The van der Waals surface area contributed by atoms with Crippen molar-refractivity contribution in [2.75, 3.05) is 5.32 Å². The Balaban J connectivity index is 2.21. The normalized spacial score (nSPS) is 10.1. The molecular formula is C10H10N4S2. The molecule has 2 rings (SSSR count). The standard InChI is InChI=1S/C10H10N4S2/c1-6-5-16-10(12-6)14-8-4-2-3-7(13-8)9(11)15/h2-5H,1H3,(H2,11,15)(H,12,13,14). The summed E-state index contributed by atoms with van der Waals surface area (Å²) < 4.78 is 0. The summed E-state index contributed by atoms with van der Waals surface area (Å²) in [6.45, 7) is 1.94. The molecule has 3 N–H and O–H groups in total. The van der Waals surface area contributed by atoms with Crippen molar-refractivity contribution in [2.24, 2.45) is 5.73 Å². The highest BCUT2D eigenvalue weighted by Gasteiger charge is 2.02. The molecule has 0 unspecified atom stereocenters. The van der Waals surface area contributed by atoms with Crippen LogP contribution in [0.1, 0.15) is 11.4 Å². The third-order valence-corrected chi connectivity index (χ3v) is 2.94. The number of aromatic nitrogens is 2. The van der Waals surface area contributed by atoms with Crippen LogP contribution in [0.4, 0.5) is 10.9 Å². The molecule has 0 saturated heterocycles. The van der Waals surface area contributed by atoms with E-state index in [0.717, 1.165) is 10.8 Å². The molecular weight excluding hydrogens is 240 g/mol. The zero-order valence-electron chi connectivity index (χ0n) is 8.60. The summed E-state index contributed by atoms with van der Waals surface area (Å²) in [6.07, 6.45) is 0. The maximum absolute atomic E-state index is 5.51. The highest BCUT2D eigenvalue weighted by atomic mass is 32.1. The zero-order chi connectivity index (χ0) is 11.5. The van der Waals surface area contributed by atoms with Crippen molar-refractivity contribution in [1.82, 2.24) is 9.97 Å². The van der Waals surface area contributed by atoms with Gasteiger partial charge in [0.1, 0.15) is 10.8 Å². The molecule has 0 spiro atoms. The van der Waals surface area contributed by atoms with E-state index in [4.69, 9.17) is 18.0 Å². The SMILES string of the molecule is Cc1csc(Nc2cccc(C(N)=S)n2)n1. The average molecular weight is 250 g/mol. The molecule has 2 heterocycles. The Hall–Kier alpha value is -1.53. The van der Waals surface area contributed by atoms with E-state index >= 15 is 0 Å². The van der Waals surface area contributed by atoms with E-state index in [2.05, 4.69) is 15.3 Å². The molecule has 0 radical (unpaired) electrons. The first-order valence-corrected chi connectivity index (χ1v) is 5.90. The monoisotopic (exact) mass is 250 g/mol. The quantitative estimate of drug-likeness (QED) is 0.818. The molecule has 0 fully saturated rings. The van der Waals surface area contributed by atoms with Crippen LogP contribution < -0.4 is 11.1 Å². The Kier molecular flexibility index (Phi) is 3.12. The number of thiocarbonyl (C=S) groups is 1. The molecule has 2 aromatic rings. The Bertz CT molecular complexity index is 521. The molecule has 6 heteroatoms. The van der Waals surface area contributed by atoms with Gasteiger partial charge in [-0.25, -0.2) is 9.97 Å². The van der Waals surface area contributed by atoms with Crippen LogP contribution in [-0.4, -0.2) is 15.0 Å². The maximum atomic E-state index is 5.51. The number of rotatable bonds is 3. The van der Waals surface area contributed by atoms with Crippen molar-refractivity contribution < 1.29 is 0 Å². The number of thiazole rings is 1. The summed E-state index contributed by atoms with van der Waals surface area (Å²) in [5.41, 5.74) is 7.10. The van der Waals surface area contributed by atoms with Crippen molar-refractivity contribution in [3.05, 3.63) is 35.0 Å². The number of nitrogens with two attached hydrogens (primary N) is 1. The molecule has 0 saturated carbocycles. The third-order valence-electron chi connectivity index (χ3n) is 1.86. The Morgan fingerprint density at radius 2 is 2.25 bits per heavy atom. The summed E-state index contributed by atoms with van der Waals surface area (Å²) in [5.74, 6) is 0.694. The van der Waals surface area contributed by atoms with Crippen LogP contribution in [0.2, 0.25) is 0 Å². The minimum Gasteiger partial charge on any atom is -0.388 e. The van der Waals surface area contributed by atoms with E-state index in [-0.39, 0.29) is 0 Å². The van der Waals surface area contributed by atoms with E-state index < -0.39 is 0 Å². The van der Waals surface area contributed by atoms with Crippen molar-refractivity contribution in [2.45, 2.75) is 6.92 Å². The van der Waals surface area contributed by atoms with Gasteiger partial charge in [-0.3, -0.25) is 0 Å². The first kappa shape index (κ1) is 11.0. The van der Waals surface area contributed by atoms with E-state index in [1.165, 1.54) is 11.3 Å². The van der Waals surface area contributed by atoms with E-state index in [1.54, 1.807) is 6.07 Å². The van der Waals surface area contributed by atoms with Gasteiger partial charge < -0.3 is 11.1 Å². The molecule has 0 aromatic carbocycles. The fourth-order valence-electron chi connectivity index (χ4n) is 1.16. The van der Waals surface area contributed by atoms with Crippen molar-refractivity contribution in [1.29, 1.82) is 0 Å². The lowest BCUT2D eigenvalue weighted by Crippen LogP contribution is -2.12. The zero-order valence-corrected chi connectivity index (χ0v) is 10.2. The summed E-state index contributed by atoms with van der Waals surface area (Å²) in [6, 6.07) is 5.48. The second-order valence-electron chi connectivity index (χ2n) is 3.19. The van der Waals surface area contributed by atoms with E-state index in [1.807, 2.05) is 24.4 Å². The minimum absolute atomic E-state index is 0.291. The number of nitrogens with one attached hydrogen (secondary N) is 1. The molecule has 0 bridgehead atoms. The molecule has 0 aliphatic rings. The molecule has 0 aliphatic heterocycles. The van der Waals surface area contributed by atoms with Crippen molar-refractivity contribution in [3.8, 4) is 0 Å². The number of hydrogen-bond acceptors (Lipinski definition) is 5.